The Morgan fingerprint density at radius 3 is 1.31 bits per heavy atom. The van der Waals surface area contributed by atoms with Crippen LogP contribution >= 0.6 is 31.9 Å². The number of Topliss-reactive ketones (excluding diaryl/α,β-unsaturated/α-hetero) is 2. The van der Waals surface area contributed by atoms with E-state index in [2.05, 4.69) is 31.9 Å². The molecule has 84 valence electrons. The van der Waals surface area contributed by atoms with Gasteiger partial charge in [-0.25, -0.2) is 0 Å². The molecule has 2 heterocycles. The molecule has 2 fully saturated rings. The van der Waals surface area contributed by atoms with Crippen molar-refractivity contribution in [3.8, 4) is 0 Å². The van der Waals surface area contributed by atoms with E-state index in [0.717, 1.165) is 26.2 Å². The van der Waals surface area contributed by atoms with E-state index in [1.54, 1.807) is 0 Å². The molecule has 0 aromatic heterocycles. The monoisotopic (exact) mass is 346 g/mol. The number of carbonyl (C=O) groups excluding carboxylic acids is 2. The van der Waals surface area contributed by atoms with Gasteiger partial charge in [-0.05, 0) is 31.9 Å². The Kier molecular flexibility index (Phi) is 2.26. The molecular formula is C10H8Br2N2O2. The molecule has 0 bridgehead atoms. The van der Waals surface area contributed by atoms with E-state index < -0.39 is 0 Å². The van der Waals surface area contributed by atoms with Gasteiger partial charge in [0.15, 0.2) is 0 Å². The van der Waals surface area contributed by atoms with Crippen molar-refractivity contribution in [3.05, 3.63) is 20.4 Å². The van der Waals surface area contributed by atoms with E-state index in [0.29, 0.717) is 20.4 Å². The van der Waals surface area contributed by atoms with Gasteiger partial charge in [0.1, 0.15) is 11.4 Å². The van der Waals surface area contributed by atoms with Gasteiger partial charge in [-0.3, -0.25) is 9.59 Å². The summed E-state index contributed by atoms with van der Waals surface area (Å²) in [4.78, 5) is 28.1. The molecule has 0 saturated carbocycles. The SMILES string of the molecule is O=C1C(Br)=C(Br)C(=O)C(N2CC2)=C1N1CC1. The molecule has 2 aliphatic heterocycles. The van der Waals surface area contributed by atoms with Gasteiger partial charge >= 0.3 is 0 Å². The second-order valence-electron chi connectivity index (χ2n) is 3.96. The lowest BCUT2D eigenvalue weighted by Crippen LogP contribution is -2.27. The summed E-state index contributed by atoms with van der Waals surface area (Å²) in [6, 6.07) is 0. The van der Waals surface area contributed by atoms with Crippen LogP contribution in [0, 0.1) is 0 Å². The molecule has 0 spiro atoms. The maximum absolute atomic E-state index is 12.1. The molecule has 0 aromatic carbocycles. The van der Waals surface area contributed by atoms with Crippen molar-refractivity contribution in [2.24, 2.45) is 0 Å². The third-order valence-electron chi connectivity index (χ3n) is 2.77. The van der Waals surface area contributed by atoms with Crippen LogP contribution in [0.5, 0.6) is 0 Å². The number of rotatable bonds is 2. The fourth-order valence-corrected chi connectivity index (χ4v) is 2.49. The molecule has 3 rings (SSSR count). The summed E-state index contributed by atoms with van der Waals surface area (Å²) >= 11 is 6.35. The van der Waals surface area contributed by atoms with Gasteiger partial charge in [0.2, 0.25) is 11.6 Å². The quantitative estimate of drug-likeness (QED) is 0.551. The minimum atomic E-state index is -0.0918. The zero-order valence-electron chi connectivity index (χ0n) is 8.30. The molecule has 0 amide bonds. The standard InChI is InChI=1S/C10H8Br2N2O2/c11-5-6(12)10(16)8(14-3-4-14)7(9(5)15)13-1-2-13/h1-4H2. The minimum Gasteiger partial charge on any atom is -0.363 e. The van der Waals surface area contributed by atoms with Crippen molar-refractivity contribution in [2.45, 2.75) is 0 Å². The highest BCUT2D eigenvalue weighted by Gasteiger charge is 2.43. The van der Waals surface area contributed by atoms with E-state index in [-0.39, 0.29) is 11.6 Å². The number of hydrogen-bond acceptors (Lipinski definition) is 4. The number of nitrogens with zero attached hydrogens (tertiary/aromatic N) is 2. The summed E-state index contributed by atoms with van der Waals surface area (Å²) in [7, 11) is 0. The smallest absolute Gasteiger partial charge is 0.219 e. The van der Waals surface area contributed by atoms with E-state index in [1.807, 2.05) is 9.80 Å². The Labute approximate surface area is 109 Å². The van der Waals surface area contributed by atoms with Crippen LogP contribution in [0.3, 0.4) is 0 Å². The molecule has 4 nitrogen and oxygen atoms in total. The average molecular weight is 348 g/mol. The van der Waals surface area contributed by atoms with E-state index in [1.165, 1.54) is 0 Å². The van der Waals surface area contributed by atoms with Gasteiger partial charge in [0, 0.05) is 26.2 Å². The Morgan fingerprint density at radius 2 is 1.06 bits per heavy atom. The molecule has 6 heteroatoms. The predicted octanol–water partition coefficient (Wildman–Crippen LogP) is 0.982. The van der Waals surface area contributed by atoms with Gasteiger partial charge in [-0.1, -0.05) is 0 Å². The molecule has 1 aliphatic carbocycles. The average Bonchev–Trinajstić information content (AvgIpc) is 3.10. The summed E-state index contributed by atoms with van der Waals surface area (Å²) < 4.78 is 0.676. The Morgan fingerprint density at radius 1 is 0.750 bits per heavy atom. The maximum Gasteiger partial charge on any atom is 0.219 e. The fraction of sp³-hybridized carbons (Fsp3) is 0.400. The Hall–Kier alpha value is -0.620. The van der Waals surface area contributed by atoms with Crippen LogP contribution in [0.2, 0.25) is 0 Å². The van der Waals surface area contributed by atoms with Gasteiger partial charge in [-0.2, -0.15) is 0 Å². The summed E-state index contributed by atoms with van der Waals surface area (Å²) in [5.41, 5.74) is 1.13. The molecule has 0 aromatic rings. The van der Waals surface area contributed by atoms with Crippen LogP contribution in [0.25, 0.3) is 0 Å². The van der Waals surface area contributed by atoms with Gasteiger partial charge in [-0.15, -0.1) is 0 Å². The summed E-state index contributed by atoms with van der Waals surface area (Å²) in [5.74, 6) is -0.184. The molecular weight excluding hydrogens is 340 g/mol. The first-order chi connectivity index (χ1) is 7.61. The molecule has 2 saturated heterocycles. The lowest BCUT2D eigenvalue weighted by atomic mass is 10.1. The lowest BCUT2D eigenvalue weighted by Gasteiger charge is -2.20. The Balaban J connectivity index is 2.12. The summed E-state index contributed by atoms with van der Waals surface area (Å²) in [6.45, 7) is 3.46. The van der Waals surface area contributed by atoms with Crippen molar-refractivity contribution in [2.75, 3.05) is 26.2 Å². The first-order valence-electron chi connectivity index (χ1n) is 5.00. The van der Waals surface area contributed by atoms with Crippen molar-refractivity contribution in [1.29, 1.82) is 0 Å². The summed E-state index contributed by atoms with van der Waals surface area (Å²) in [5, 5.41) is 0. The topological polar surface area (TPSA) is 40.2 Å². The zero-order valence-corrected chi connectivity index (χ0v) is 11.5. The first-order valence-corrected chi connectivity index (χ1v) is 6.58. The molecule has 0 unspecified atom stereocenters. The van der Waals surface area contributed by atoms with Gasteiger partial charge in [0.25, 0.3) is 0 Å². The highest BCUT2D eigenvalue weighted by atomic mass is 79.9. The molecule has 0 N–H and O–H groups in total. The second kappa shape index (κ2) is 3.43. The molecule has 0 radical (unpaired) electrons. The summed E-state index contributed by atoms with van der Waals surface area (Å²) in [6.07, 6.45) is 0. The number of hydrogen-bond donors (Lipinski definition) is 0. The predicted molar refractivity (Wildman–Crippen MR) is 65.1 cm³/mol. The highest BCUT2D eigenvalue weighted by Crippen LogP contribution is 2.38. The van der Waals surface area contributed by atoms with Gasteiger partial charge in [0.05, 0.1) is 8.96 Å². The van der Waals surface area contributed by atoms with E-state index in [4.69, 9.17) is 0 Å². The van der Waals surface area contributed by atoms with Crippen molar-refractivity contribution < 1.29 is 9.59 Å². The second-order valence-corrected chi connectivity index (χ2v) is 5.54. The van der Waals surface area contributed by atoms with Crippen LogP contribution in [0.15, 0.2) is 20.4 Å². The van der Waals surface area contributed by atoms with Gasteiger partial charge < -0.3 is 9.80 Å². The number of allylic oxidation sites excluding steroid dienone is 2. The number of halogens is 2. The van der Waals surface area contributed by atoms with Crippen LogP contribution in [0.4, 0.5) is 0 Å². The zero-order chi connectivity index (χ0) is 11.4. The lowest BCUT2D eigenvalue weighted by molar-refractivity contribution is -0.116. The van der Waals surface area contributed by atoms with E-state index in [9.17, 15) is 9.59 Å². The highest BCUT2D eigenvalue weighted by molar-refractivity contribution is 9.14. The third kappa shape index (κ3) is 1.47. The normalized spacial score (nSPS) is 24.6. The van der Waals surface area contributed by atoms with Crippen LogP contribution in [0.1, 0.15) is 0 Å². The largest absolute Gasteiger partial charge is 0.363 e. The van der Waals surface area contributed by atoms with Crippen molar-refractivity contribution in [3.63, 3.8) is 0 Å². The number of carbonyl (C=O) groups is 2. The van der Waals surface area contributed by atoms with Crippen LogP contribution < -0.4 is 0 Å². The molecule has 3 aliphatic rings. The first kappa shape index (κ1) is 10.5. The number of ketones is 2. The van der Waals surface area contributed by atoms with Crippen LogP contribution in [-0.2, 0) is 9.59 Å². The van der Waals surface area contributed by atoms with Crippen molar-refractivity contribution >= 4 is 43.4 Å². The van der Waals surface area contributed by atoms with Crippen molar-refractivity contribution in [1.82, 2.24) is 9.80 Å². The van der Waals surface area contributed by atoms with E-state index >= 15 is 0 Å². The Bertz CT molecular complexity index is 431. The van der Waals surface area contributed by atoms with Crippen LogP contribution in [-0.4, -0.2) is 47.5 Å². The molecule has 0 atom stereocenters. The third-order valence-corrected chi connectivity index (χ3v) is 4.82. The molecule has 16 heavy (non-hydrogen) atoms. The minimum absolute atomic E-state index is 0.0918. The maximum atomic E-state index is 12.1. The fourth-order valence-electron chi connectivity index (χ4n) is 1.76.